The van der Waals surface area contributed by atoms with E-state index in [1.807, 2.05) is 0 Å². The van der Waals surface area contributed by atoms with Crippen molar-refractivity contribution in [3.05, 3.63) is 93.9 Å². The van der Waals surface area contributed by atoms with Crippen LogP contribution in [0.2, 0.25) is 0 Å². The van der Waals surface area contributed by atoms with E-state index in [1.54, 1.807) is 60.7 Å². The predicted octanol–water partition coefficient (Wildman–Crippen LogP) is 5.87. The molecule has 2 aromatic carbocycles. The fraction of sp³-hybridized carbons (Fsp3) is 0.250. The maximum atomic E-state index is 13.3. The summed E-state index contributed by atoms with van der Waals surface area (Å²) in [5.74, 6) is -2.13. The maximum Gasteiger partial charge on any atom is 0.307 e. The Morgan fingerprint density at radius 2 is 1.38 bits per heavy atom. The molecule has 1 amide bonds. The second-order valence-corrected chi connectivity index (χ2v) is 7.64. The first kappa shape index (κ1) is 22.9. The fourth-order valence-corrected chi connectivity index (χ4v) is 3.22. The molecule has 4 unspecified atom stereocenters. The average Bonchev–Trinajstić information content (AvgIpc) is 3.68. The SMILES string of the molecule is O=C(O)C1CC1/C=C/c1ccccc1F.[N-]=[N+]=NC(=O)C1CC1/C=C/c1ccccc1F. The molecule has 0 bridgehead atoms. The number of hydrogen-bond acceptors (Lipinski definition) is 2. The number of carbonyl (C=O) groups excluding carboxylic acids is 1. The third-order valence-electron chi connectivity index (χ3n) is 5.31. The van der Waals surface area contributed by atoms with Gasteiger partial charge in [-0.05, 0) is 47.5 Å². The highest BCUT2D eigenvalue weighted by atomic mass is 19.1. The number of carboxylic acid groups (broad SMARTS) is 1. The Morgan fingerprint density at radius 1 is 0.906 bits per heavy atom. The lowest BCUT2D eigenvalue weighted by molar-refractivity contribution is -0.138. The number of halogens is 2. The largest absolute Gasteiger partial charge is 0.481 e. The van der Waals surface area contributed by atoms with Gasteiger partial charge in [-0.3, -0.25) is 9.59 Å². The molecule has 8 heteroatoms. The van der Waals surface area contributed by atoms with Crippen LogP contribution in [0, 0.1) is 35.3 Å². The van der Waals surface area contributed by atoms with Gasteiger partial charge in [0.25, 0.3) is 0 Å². The van der Waals surface area contributed by atoms with E-state index >= 15 is 0 Å². The van der Waals surface area contributed by atoms with E-state index in [-0.39, 0.29) is 35.3 Å². The number of rotatable bonds is 6. The highest BCUT2D eigenvalue weighted by Crippen LogP contribution is 2.41. The van der Waals surface area contributed by atoms with Crippen molar-refractivity contribution in [3.63, 3.8) is 0 Å². The van der Waals surface area contributed by atoms with Gasteiger partial charge in [-0.25, -0.2) is 8.78 Å². The van der Waals surface area contributed by atoms with Gasteiger partial charge in [-0.1, -0.05) is 60.7 Å². The zero-order chi connectivity index (χ0) is 23.1. The molecule has 0 aromatic heterocycles. The molecule has 32 heavy (non-hydrogen) atoms. The Balaban J connectivity index is 0.000000182. The summed E-state index contributed by atoms with van der Waals surface area (Å²) in [7, 11) is 0. The number of carbonyl (C=O) groups is 2. The van der Waals surface area contributed by atoms with Crippen molar-refractivity contribution in [3.8, 4) is 0 Å². The molecule has 2 aliphatic carbocycles. The Bertz CT molecular complexity index is 1110. The second kappa shape index (κ2) is 10.5. The van der Waals surface area contributed by atoms with Gasteiger partial charge in [0.1, 0.15) is 11.6 Å². The molecule has 0 radical (unpaired) electrons. The molecule has 1 N–H and O–H groups in total. The topological polar surface area (TPSA) is 103 Å². The van der Waals surface area contributed by atoms with Gasteiger partial charge >= 0.3 is 5.97 Å². The van der Waals surface area contributed by atoms with Gasteiger partial charge in [-0.2, -0.15) is 0 Å². The predicted molar refractivity (Wildman–Crippen MR) is 116 cm³/mol. The van der Waals surface area contributed by atoms with Gasteiger partial charge in [-0.15, -0.1) is 0 Å². The first-order valence-electron chi connectivity index (χ1n) is 10.1. The molecule has 0 aliphatic heterocycles. The quantitative estimate of drug-likeness (QED) is 0.347. The zero-order valence-electron chi connectivity index (χ0n) is 17.0. The Kier molecular flexibility index (Phi) is 7.52. The lowest BCUT2D eigenvalue weighted by Gasteiger charge is -1.94. The van der Waals surface area contributed by atoms with Crippen LogP contribution in [0.25, 0.3) is 22.6 Å². The summed E-state index contributed by atoms with van der Waals surface area (Å²) < 4.78 is 26.4. The van der Waals surface area contributed by atoms with E-state index in [9.17, 15) is 18.4 Å². The highest BCUT2D eigenvalue weighted by molar-refractivity contribution is 5.83. The standard InChI is InChI=1S/C12H10FN3O.C12H11FO2/c13-11-4-2-1-3-8(11)5-6-9-7-10(9)12(17)15-16-14;13-11-4-2-1-3-8(11)5-6-9-7-10(9)12(14)15/h1-6,9-10H,7H2;1-6,9-10H,7H2,(H,14,15)/b2*6-5+. The molecule has 2 aliphatic rings. The molecule has 6 nitrogen and oxygen atoms in total. The van der Waals surface area contributed by atoms with Crippen LogP contribution >= 0.6 is 0 Å². The summed E-state index contributed by atoms with van der Waals surface area (Å²) in [6, 6.07) is 12.9. The summed E-state index contributed by atoms with van der Waals surface area (Å²) in [5.41, 5.74) is 9.12. The van der Waals surface area contributed by atoms with Crippen LogP contribution in [0.5, 0.6) is 0 Å². The number of carboxylic acids is 1. The van der Waals surface area contributed by atoms with Crippen molar-refractivity contribution in [2.24, 2.45) is 28.8 Å². The van der Waals surface area contributed by atoms with Crippen LogP contribution in [0.3, 0.4) is 0 Å². The highest BCUT2D eigenvalue weighted by Gasteiger charge is 2.41. The van der Waals surface area contributed by atoms with Crippen LogP contribution < -0.4 is 0 Å². The molecular weight excluding hydrogens is 416 g/mol. The van der Waals surface area contributed by atoms with Gasteiger partial charge in [0.15, 0.2) is 0 Å². The van der Waals surface area contributed by atoms with E-state index < -0.39 is 11.9 Å². The number of azide groups is 1. The molecule has 0 saturated heterocycles. The van der Waals surface area contributed by atoms with Crippen molar-refractivity contribution in [1.29, 1.82) is 0 Å². The molecule has 0 spiro atoms. The van der Waals surface area contributed by atoms with Gasteiger partial charge in [0.2, 0.25) is 5.91 Å². The molecular formula is C24H21F2N3O3. The van der Waals surface area contributed by atoms with Gasteiger partial charge in [0, 0.05) is 22.0 Å². The Labute approximate surface area is 183 Å². The first-order valence-corrected chi connectivity index (χ1v) is 10.1. The normalized spacial score (nSPS) is 23.2. The van der Waals surface area contributed by atoms with Crippen LogP contribution in [-0.4, -0.2) is 17.0 Å². The van der Waals surface area contributed by atoms with E-state index in [1.165, 1.54) is 12.1 Å². The van der Waals surface area contributed by atoms with Crippen molar-refractivity contribution in [2.75, 3.05) is 0 Å². The van der Waals surface area contributed by atoms with Crippen molar-refractivity contribution in [1.82, 2.24) is 0 Å². The third-order valence-corrected chi connectivity index (χ3v) is 5.31. The number of aliphatic carboxylic acids is 1. The van der Waals surface area contributed by atoms with E-state index in [0.29, 0.717) is 24.0 Å². The van der Waals surface area contributed by atoms with Gasteiger partial charge < -0.3 is 5.11 Å². The molecule has 4 rings (SSSR count). The number of amides is 1. The zero-order valence-corrected chi connectivity index (χ0v) is 17.0. The van der Waals surface area contributed by atoms with E-state index in [2.05, 4.69) is 10.0 Å². The summed E-state index contributed by atoms with van der Waals surface area (Å²) in [4.78, 5) is 24.2. The minimum atomic E-state index is -0.766. The Hall–Kier alpha value is -3.77. The number of nitrogens with zero attached hydrogens (tertiary/aromatic N) is 3. The lowest BCUT2D eigenvalue weighted by atomic mass is 10.1. The number of benzene rings is 2. The van der Waals surface area contributed by atoms with Crippen molar-refractivity contribution in [2.45, 2.75) is 12.8 Å². The smallest absolute Gasteiger partial charge is 0.307 e. The molecule has 164 valence electrons. The lowest BCUT2D eigenvalue weighted by Crippen LogP contribution is -1.97. The molecule has 4 atom stereocenters. The van der Waals surface area contributed by atoms with Crippen molar-refractivity contribution >= 4 is 24.0 Å². The van der Waals surface area contributed by atoms with Crippen molar-refractivity contribution < 1.29 is 23.5 Å². The molecule has 2 aromatic rings. The third kappa shape index (κ3) is 6.36. The molecule has 2 fully saturated rings. The van der Waals surface area contributed by atoms with E-state index in [4.69, 9.17) is 10.6 Å². The molecule has 0 heterocycles. The minimum Gasteiger partial charge on any atom is -0.481 e. The summed E-state index contributed by atoms with van der Waals surface area (Å²) >= 11 is 0. The monoisotopic (exact) mass is 437 g/mol. The summed E-state index contributed by atoms with van der Waals surface area (Å²) in [5, 5.41) is 11.7. The first-order chi connectivity index (χ1) is 15.4. The van der Waals surface area contributed by atoms with Crippen LogP contribution in [-0.2, 0) is 9.59 Å². The maximum absolute atomic E-state index is 13.3. The minimum absolute atomic E-state index is 0.0626. The second-order valence-electron chi connectivity index (χ2n) is 7.64. The van der Waals surface area contributed by atoms with Crippen LogP contribution in [0.4, 0.5) is 8.78 Å². The van der Waals surface area contributed by atoms with Crippen LogP contribution in [0.15, 0.2) is 65.8 Å². The Morgan fingerprint density at radius 3 is 1.81 bits per heavy atom. The number of allylic oxidation sites excluding steroid dienone is 2. The molecule has 2 saturated carbocycles. The fourth-order valence-electron chi connectivity index (χ4n) is 3.22. The average molecular weight is 437 g/mol. The summed E-state index contributed by atoms with van der Waals surface area (Å²) in [6.07, 6.45) is 8.21. The van der Waals surface area contributed by atoms with Crippen LogP contribution in [0.1, 0.15) is 24.0 Å². The van der Waals surface area contributed by atoms with E-state index in [0.717, 1.165) is 0 Å². The summed E-state index contributed by atoms with van der Waals surface area (Å²) in [6.45, 7) is 0. The number of hydrogen-bond donors (Lipinski definition) is 1. The van der Waals surface area contributed by atoms with Gasteiger partial charge in [0.05, 0.1) is 5.92 Å².